The van der Waals surface area contributed by atoms with Gasteiger partial charge in [0, 0.05) is 17.7 Å². The molecule has 1 aliphatic rings. The maximum Gasteiger partial charge on any atom is 0.295 e. The van der Waals surface area contributed by atoms with Crippen molar-refractivity contribution in [3.63, 3.8) is 0 Å². The van der Waals surface area contributed by atoms with Gasteiger partial charge in [-0.05, 0) is 53.3 Å². The number of hydrogen-bond donors (Lipinski definition) is 1. The maximum atomic E-state index is 13.4. The number of likely N-dealkylation sites (tertiary alicyclic amines) is 1. The van der Waals surface area contributed by atoms with Crippen molar-refractivity contribution in [2.75, 3.05) is 27.9 Å². The van der Waals surface area contributed by atoms with E-state index in [2.05, 4.69) is 0 Å². The summed E-state index contributed by atoms with van der Waals surface area (Å²) < 4.78 is 16.3. The molecular weight excluding hydrogens is 494 g/mol. The number of aliphatic hydroxyl groups is 1. The number of nitrogens with zero attached hydrogens (tertiary/aromatic N) is 1. The number of carbonyl (C=O) groups excluding carboxylic acids is 2. The first-order chi connectivity index (χ1) is 18.6. The Morgan fingerprint density at radius 2 is 1.49 bits per heavy atom. The molecule has 1 atom stereocenters. The summed E-state index contributed by atoms with van der Waals surface area (Å²) in [4.78, 5) is 28.4. The third-order valence-electron chi connectivity index (χ3n) is 7.03. The molecule has 1 amide bonds. The van der Waals surface area contributed by atoms with Gasteiger partial charge in [-0.25, -0.2) is 0 Å². The number of hydrogen-bond acceptors (Lipinski definition) is 6. The predicted molar refractivity (Wildman–Crippen MR) is 150 cm³/mol. The third kappa shape index (κ3) is 5.48. The summed E-state index contributed by atoms with van der Waals surface area (Å²) in [5.41, 5.74) is 2.81. The van der Waals surface area contributed by atoms with E-state index in [-0.39, 0.29) is 23.3 Å². The lowest BCUT2D eigenvalue weighted by atomic mass is 9.84. The number of ether oxygens (including phenoxy) is 3. The fraction of sp³-hybridized carbons (Fsp3) is 0.312. The van der Waals surface area contributed by atoms with Crippen LogP contribution in [0.3, 0.4) is 0 Å². The lowest BCUT2D eigenvalue weighted by Crippen LogP contribution is -2.31. The van der Waals surface area contributed by atoms with Gasteiger partial charge < -0.3 is 24.2 Å². The Kier molecular flexibility index (Phi) is 8.00. The minimum absolute atomic E-state index is 0.0727. The van der Waals surface area contributed by atoms with Crippen molar-refractivity contribution in [3.05, 3.63) is 94.6 Å². The molecule has 4 rings (SSSR count). The molecule has 1 saturated heterocycles. The molecule has 1 N–H and O–H groups in total. The first-order valence-electron chi connectivity index (χ1n) is 12.8. The summed E-state index contributed by atoms with van der Waals surface area (Å²) in [6.45, 7) is 6.41. The molecule has 1 fully saturated rings. The highest BCUT2D eigenvalue weighted by Gasteiger charge is 2.45. The quantitative estimate of drug-likeness (QED) is 0.230. The molecule has 0 aliphatic carbocycles. The number of carbonyl (C=O) groups is 2. The van der Waals surface area contributed by atoms with Gasteiger partial charge in [0.05, 0.1) is 32.9 Å². The summed E-state index contributed by atoms with van der Waals surface area (Å²) >= 11 is 0. The minimum Gasteiger partial charge on any atom is -0.507 e. The fourth-order valence-electron chi connectivity index (χ4n) is 4.98. The van der Waals surface area contributed by atoms with Crippen LogP contribution >= 0.6 is 0 Å². The molecule has 7 nitrogen and oxygen atoms in total. The number of methoxy groups -OCH3 is 3. The zero-order chi connectivity index (χ0) is 28.3. The summed E-state index contributed by atoms with van der Waals surface area (Å²) in [7, 11) is 4.74. The summed E-state index contributed by atoms with van der Waals surface area (Å²) in [5, 5.41) is 11.5. The first-order valence-corrected chi connectivity index (χ1v) is 12.8. The van der Waals surface area contributed by atoms with Crippen molar-refractivity contribution in [1.82, 2.24) is 4.90 Å². The Labute approximate surface area is 229 Å². The van der Waals surface area contributed by atoms with Crippen molar-refractivity contribution in [3.8, 4) is 17.2 Å². The molecular formula is C32H35NO6. The van der Waals surface area contributed by atoms with Gasteiger partial charge in [-0.1, -0.05) is 57.2 Å². The van der Waals surface area contributed by atoms with Gasteiger partial charge in [0.1, 0.15) is 11.5 Å². The average Bonchev–Trinajstić information content (AvgIpc) is 3.20. The Morgan fingerprint density at radius 1 is 0.846 bits per heavy atom. The fourth-order valence-corrected chi connectivity index (χ4v) is 4.98. The van der Waals surface area contributed by atoms with Crippen LogP contribution in [-0.2, 0) is 21.4 Å². The van der Waals surface area contributed by atoms with Crippen molar-refractivity contribution in [2.24, 2.45) is 0 Å². The smallest absolute Gasteiger partial charge is 0.295 e. The molecule has 3 aromatic carbocycles. The number of ketones is 1. The van der Waals surface area contributed by atoms with Gasteiger partial charge in [-0.2, -0.15) is 0 Å². The van der Waals surface area contributed by atoms with Gasteiger partial charge in [0.15, 0.2) is 11.5 Å². The van der Waals surface area contributed by atoms with Gasteiger partial charge in [0.25, 0.3) is 11.7 Å². The van der Waals surface area contributed by atoms with Gasteiger partial charge >= 0.3 is 0 Å². The Hall–Kier alpha value is -4.26. The van der Waals surface area contributed by atoms with Crippen molar-refractivity contribution < 1.29 is 28.9 Å². The maximum absolute atomic E-state index is 13.4. The van der Waals surface area contributed by atoms with Crippen LogP contribution in [0.4, 0.5) is 0 Å². The second kappa shape index (κ2) is 11.2. The van der Waals surface area contributed by atoms with E-state index in [1.54, 1.807) is 33.5 Å². The van der Waals surface area contributed by atoms with E-state index < -0.39 is 17.7 Å². The lowest BCUT2D eigenvalue weighted by molar-refractivity contribution is -0.139. The highest BCUT2D eigenvalue weighted by molar-refractivity contribution is 6.46. The zero-order valence-corrected chi connectivity index (χ0v) is 23.3. The van der Waals surface area contributed by atoms with E-state index in [1.807, 2.05) is 75.4 Å². The van der Waals surface area contributed by atoms with Crippen LogP contribution in [0.25, 0.3) is 5.76 Å². The topological polar surface area (TPSA) is 85.3 Å². The van der Waals surface area contributed by atoms with Crippen LogP contribution in [0.15, 0.2) is 72.3 Å². The van der Waals surface area contributed by atoms with Crippen LogP contribution in [0.1, 0.15) is 49.1 Å². The molecule has 0 radical (unpaired) electrons. The van der Waals surface area contributed by atoms with Gasteiger partial charge in [0.2, 0.25) is 0 Å². The van der Waals surface area contributed by atoms with Crippen LogP contribution in [0.2, 0.25) is 0 Å². The number of amides is 1. The van der Waals surface area contributed by atoms with E-state index in [1.165, 1.54) is 4.90 Å². The molecule has 1 aliphatic heterocycles. The molecule has 0 bridgehead atoms. The molecule has 204 valence electrons. The number of aliphatic hydroxyl groups excluding tert-OH is 1. The molecule has 0 aromatic heterocycles. The van der Waals surface area contributed by atoms with E-state index in [9.17, 15) is 14.7 Å². The van der Waals surface area contributed by atoms with E-state index >= 15 is 0 Å². The number of rotatable bonds is 8. The summed E-state index contributed by atoms with van der Waals surface area (Å²) in [6, 6.07) is 19.5. The summed E-state index contributed by atoms with van der Waals surface area (Å²) in [6.07, 6.45) is 0.480. The Morgan fingerprint density at radius 3 is 2.10 bits per heavy atom. The van der Waals surface area contributed by atoms with E-state index in [4.69, 9.17) is 14.2 Å². The van der Waals surface area contributed by atoms with Crippen LogP contribution in [0.5, 0.6) is 17.2 Å². The zero-order valence-electron chi connectivity index (χ0n) is 23.3. The van der Waals surface area contributed by atoms with Crippen LogP contribution in [0, 0.1) is 0 Å². The van der Waals surface area contributed by atoms with Crippen LogP contribution < -0.4 is 14.2 Å². The standard InChI is InChI=1S/C32H35NO6/c1-32(2,3)23-19-22(13-15-24(23)37-4)29(34)27-28(21-10-8-7-9-11-21)33(31(36)30(27)35)17-16-20-12-14-25(38-5)26(18-20)39-6/h7-15,18-19,28,34H,16-17H2,1-6H3/b29-27-. The normalized spacial score (nSPS) is 16.9. The first kappa shape index (κ1) is 27.8. The van der Waals surface area contributed by atoms with Crippen LogP contribution in [-0.4, -0.2) is 49.6 Å². The second-order valence-corrected chi connectivity index (χ2v) is 10.5. The summed E-state index contributed by atoms with van der Waals surface area (Å²) in [5.74, 6) is 0.334. The number of benzene rings is 3. The monoisotopic (exact) mass is 529 g/mol. The van der Waals surface area contributed by atoms with Crippen molar-refractivity contribution in [2.45, 2.75) is 38.6 Å². The molecule has 0 spiro atoms. The third-order valence-corrected chi connectivity index (χ3v) is 7.03. The molecule has 0 saturated carbocycles. The highest BCUT2D eigenvalue weighted by Crippen LogP contribution is 2.41. The second-order valence-electron chi connectivity index (χ2n) is 10.5. The Balaban J connectivity index is 1.77. The number of Topliss-reactive ketones (excluding diaryl/α,β-unsaturated/α-hetero) is 1. The van der Waals surface area contributed by atoms with Gasteiger partial charge in [-0.3, -0.25) is 9.59 Å². The Bertz CT molecular complexity index is 1400. The largest absolute Gasteiger partial charge is 0.507 e. The molecule has 1 unspecified atom stereocenters. The lowest BCUT2D eigenvalue weighted by Gasteiger charge is -2.26. The minimum atomic E-state index is -0.730. The van der Waals surface area contributed by atoms with Crippen molar-refractivity contribution in [1.29, 1.82) is 0 Å². The van der Waals surface area contributed by atoms with Crippen molar-refractivity contribution >= 4 is 17.4 Å². The van der Waals surface area contributed by atoms with E-state index in [0.29, 0.717) is 29.2 Å². The average molecular weight is 530 g/mol. The van der Waals surface area contributed by atoms with E-state index in [0.717, 1.165) is 16.7 Å². The molecule has 3 aromatic rings. The molecule has 7 heteroatoms. The van der Waals surface area contributed by atoms with Gasteiger partial charge in [-0.15, -0.1) is 0 Å². The predicted octanol–water partition coefficient (Wildman–Crippen LogP) is 5.67. The molecule has 39 heavy (non-hydrogen) atoms. The molecule has 1 heterocycles. The highest BCUT2D eigenvalue weighted by atomic mass is 16.5. The SMILES string of the molecule is COc1ccc(CCN2C(=O)C(=O)/C(=C(\O)c3ccc(OC)c(C(C)(C)C)c3)C2c2ccccc2)cc1OC.